The largest absolute Gasteiger partial charge is 0.239 e. The molecule has 0 atom stereocenters. The van der Waals surface area contributed by atoms with E-state index < -0.39 is 0 Å². The molecule has 0 saturated carbocycles. The Kier molecular flexibility index (Phi) is 2.45. The predicted octanol–water partition coefficient (Wildman–Crippen LogP) is 4.30. The Labute approximate surface area is 93.8 Å². The van der Waals surface area contributed by atoms with Crippen molar-refractivity contribution in [3.63, 3.8) is 0 Å². The number of nitrogens with zero attached hydrogens (tertiary/aromatic N) is 1. The fourth-order valence-electron chi connectivity index (χ4n) is 1.13. The highest BCUT2D eigenvalue weighted by Crippen LogP contribution is 2.29. The SMILES string of the molecule is Clc1ccc(Cl)c2nc(Br)ccc12. The van der Waals surface area contributed by atoms with Crippen LogP contribution in [0.15, 0.2) is 28.9 Å². The maximum atomic E-state index is 5.97. The van der Waals surface area contributed by atoms with Crippen molar-refractivity contribution < 1.29 is 0 Å². The predicted molar refractivity (Wildman–Crippen MR) is 59.5 cm³/mol. The number of rotatable bonds is 0. The van der Waals surface area contributed by atoms with Crippen molar-refractivity contribution in [3.8, 4) is 0 Å². The smallest absolute Gasteiger partial charge is 0.106 e. The first-order chi connectivity index (χ1) is 6.18. The molecule has 2 aromatic rings. The van der Waals surface area contributed by atoms with Crippen LogP contribution in [0.2, 0.25) is 10.0 Å². The number of hydrogen-bond donors (Lipinski definition) is 0. The van der Waals surface area contributed by atoms with Gasteiger partial charge in [-0.05, 0) is 40.2 Å². The summed E-state index contributed by atoms with van der Waals surface area (Å²) in [6.07, 6.45) is 0. The van der Waals surface area contributed by atoms with E-state index in [-0.39, 0.29) is 0 Å². The Hall–Kier alpha value is -0.310. The highest BCUT2D eigenvalue weighted by Gasteiger charge is 2.04. The van der Waals surface area contributed by atoms with E-state index in [0.29, 0.717) is 10.0 Å². The molecule has 0 saturated heterocycles. The first-order valence-electron chi connectivity index (χ1n) is 3.59. The molecule has 0 aliphatic rings. The van der Waals surface area contributed by atoms with Crippen molar-refractivity contribution in [2.45, 2.75) is 0 Å². The Balaban J connectivity index is 2.92. The Morgan fingerprint density at radius 1 is 1.00 bits per heavy atom. The molecule has 1 aromatic carbocycles. The third kappa shape index (κ3) is 1.66. The zero-order chi connectivity index (χ0) is 9.42. The van der Waals surface area contributed by atoms with E-state index in [1.165, 1.54) is 0 Å². The fourth-order valence-corrected chi connectivity index (χ4v) is 1.86. The van der Waals surface area contributed by atoms with Crippen molar-refractivity contribution in [2.24, 2.45) is 0 Å². The molecule has 66 valence electrons. The van der Waals surface area contributed by atoms with Crippen molar-refractivity contribution in [3.05, 3.63) is 38.9 Å². The van der Waals surface area contributed by atoms with Crippen molar-refractivity contribution >= 4 is 50.0 Å². The molecule has 0 bridgehead atoms. The van der Waals surface area contributed by atoms with E-state index in [0.717, 1.165) is 15.5 Å². The molecular formula is C9H4BrCl2N. The third-order valence-electron chi connectivity index (χ3n) is 1.72. The van der Waals surface area contributed by atoms with Gasteiger partial charge in [0, 0.05) is 5.39 Å². The zero-order valence-electron chi connectivity index (χ0n) is 6.39. The fraction of sp³-hybridized carbons (Fsp3) is 0. The van der Waals surface area contributed by atoms with Crippen LogP contribution in [-0.2, 0) is 0 Å². The Morgan fingerprint density at radius 2 is 1.69 bits per heavy atom. The normalized spacial score (nSPS) is 10.7. The van der Waals surface area contributed by atoms with Gasteiger partial charge in [0.15, 0.2) is 0 Å². The van der Waals surface area contributed by atoms with Gasteiger partial charge in [0.2, 0.25) is 0 Å². The van der Waals surface area contributed by atoms with Crippen molar-refractivity contribution in [1.82, 2.24) is 4.98 Å². The Bertz CT molecular complexity index is 470. The summed E-state index contributed by atoms with van der Waals surface area (Å²) in [6.45, 7) is 0. The van der Waals surface area contributed by atoms with E-state index >= 15 is 0 Å². The second-order valence-corrected chi connectivity index (χ2v) is 4.19. The molecule has 13 heavy (non-hydrogen) atoms. The molecule has 1 nitrogen and oxygen atoms in total. The summed E-state index contributed by atoms with van der Waals surface area (Å²) in [5.41, 5.74) is 0.726. The minimum Gasteiger partial charge on any atom is -0.239 e. The summed E-state index contributed by atoms with van der Waals surface area (Å²) < 4.78 is 0.754. The van der Waals surface area contributed by atoms with Crippen LogP contribution in [0.25, 0.3) is 10.9 Å². The van der Waals surface area contributed by atoms with Gasteiger partial charge in [-0.3, -0.25) is 0 Å². The van der Waals surface area contributed by atoms with Gasteiger partial charge in [0.25, 0.3) is 0 Å². The molecule has 0 aliphatic heterocycles. The lowest BCUT2D eigenvalue weighted by atomic mass is 10.2. The molecule has 0 aliphatic carbocycles. The van der Waals surface area contributed by atoms with Gasteiger partial charge in [-0.25, -0.2) is 4.98 Å². The lowest BCUT2D eigenvalue weighted by Crippen LogP contribution is -1.81. The molecule has 0 spiro atoms. The van der Waals surface area contributed by atoms with E-state index in [9.17, 15) is 0 Å². The summed E-state index contributed by atoms with van der Waals surface area (Å²) >= 11 is 15.2. The van der Waals surface area contributed by atoms with Gasteiger partial charge >= 0.3 is 0 Å². The first kappa shape index (κ1) is 9.25. The lowest BCUT2D eigenvalue weighted by molar-refractivity contribution is 1.35. The molecule has 0 radical (unpaired) electrons. The molecule has 0 amide bonds. The zero-order valence-corrected chi connectivity index (χ0v) is 9.49. The summed E-state index contributed by atoms with van der Waals surface area (Å²) in [5.74, 6) is 0. The van der Waals surface area contributed by atoms with Crippen molar-refractivity contribution in [2.75, 3.05) is 0 Å². The quantitative estimate of drug-likeness (QED) is 0.654. The number of aromatic nitrogens is 1. The van der Waals surface area contributed by atoms with Crippen LogP contribution in [0, 0.1) is 0 Å². The molecule has 0 fully saturated rings. The molecule has 1 aromatic heterocycles. The maximum Gasteiger partial charge on any atom is 0.106 e. The van der Waals surface area contributed by atoms with Gasteiger partial charge in [0.1, 0.15) is 4.60 Å². The van der Waals surface area contributed by atoms with E-state index in [1.807, 2.05) is 12.1 Å². The van der Waals surface area contributed by atoms with Gasteiger partial charge in [-0.1, -0.05) is 23.2 Å². The first-order valence-corrected chi connectivity index (χ1v) is 5.13. The van der Waals surface area contributed by atoms with E-state index in [1.54, 1.807) is 12.1 Å². The average molecular weight is 277 g/mol. The summed E-state index contributed by atoms with van der Waals surface area (Å²) in [7, 11) is 0. The summed E-state index contributed by atoms with van der Waals surface area (Å²) in [5, 5.41) is 2.15. The van der Waals surface area contributed by atoms with E-state index in [2.05, 4.69) is 20.9 Å². The lowest BCUT2D eigenvalue weighted by Gasteiger charge is -2.01. The number of halogens is 3. The molecule has 0 unspecified atom stereocenters. The molecule has 4 heteroatoms. The van der Waals surface area contributed by atoms with Crippen LogP contribution in [-0.4, -0.2) is 4.98 Å². The summed E-state index contributed by atoms with van der Waals surface area (Å²) in [6, 6.07) is 7.23. The van der Waals surface area contributed by atoms with Gasteiger partial charge in [-0.15, -0.1) is 0 Å². The standard InChI is InChI=1S/C9H4BrCl2N/c10-8-4-1-5-6(11)2-3-7(12)9(5)13-8/h1-4H. The number of benzene rings is 1. The minimum absolute atomic E-state index is 0.612. The maximum absolute atomic E-state index is 5.97. The minimum atomic E-state index is 0.612. The third-order valence-corrected chi connectivity index (χ3v) is 2.80. The molecular weight excluding hydrogens is 273 g/mol. The van der Waals surface area contributed by atoms with Gasteiger partial charge in [0.05, 0.1) is 15.6 Å². The summed E-state index contributed by atoms with van der Waals surface area (Å²) in [4.78, 5) is 4.24. The number of fused-ring (bicyclic) bond motifs is 1. The van der Waals surface area contributed by atoms with Crippen LogP contribution in [0.5, 0.6) is 0 Å². The highest BCUT2D eigenvalue weighted by molar-refractivity contribution is 9.10. The van der Waals surface area contributed by atoms with Crippen LogP contribution in [0.4, 0.5) is 0 Å². The molecule has 0 N–H and O–H groups in total. The Morgan fingerprint density at radius 3 is 2.46 bits per heavy atom. The average Bonchev–Trinajstić information content (AvgIpc) is 2.12. The van der Waals surface area contributed by atoms with Crippen LogP contribution in [0.3, 0.4) is 0 Å². The van der Waals surface area contributed by atoms with Gasteiger partial charge < -0.3 is 0 Å². The number of pyridine rings is 1. The van der Waals surface area contributed by atoms with Crippen LogP contribution < -0.4 is 0 Å². The van der Waals surface area contributed by atoms with Crippen molar-refractivity contribution in [1.29, 1.82) is 0 Å². The van der Waals surface area contributed by atoms with Gasteiger partial charge in [-0.2, -0.15) is 0 Å². The second kappa shape index (κ2) is 3.45. The van der Waals surface area contributed by atoms with Crippen LogP contribution >= 0.6 is 39.1 Å². The topological polar surface area (TPSA) is 12.9 Å². The number of hydrogen-bond acceptors (Lipinski definition) is 1. The molecule has 1 heterocycles. The second-order valence-electron chi connectivity index (χ2n) is 2.56. The van der Waals surface area contributed by atoms with Crippen LogP contribution in [0.1, 0.15) is 0 Å². The monoisotopic (exact) mass is 275 g/mol. The van der Waals surface area contributed by atoms with E-state index in [4.69, 9.17) is 23.2 Å². The highest BCUT2D eigenvalue weighted by atomic mass is 79.9. The molecule has 2 rings (SSSR count).